The molecule has 10 heteroatoms. The number of H-pyrrole nitrogens is 1. The second-order valence-electron chi connectivity index (χ2n) is 7.21. The van der Waals surface area contributed by atoms with Crippen LogP contribution in [0.4, 0.5) is 0 Å². The molecule has 2 N–H and O–H groups in total. The minimum Gasteiger partial charge on any atom is -0.356 e. The molecule has 0 aliphatic carbocycles. The number of hydrogen-bond acceptors (Lipinski definition) is 5. The fourth-order valence-corrected chi connectivity index (χ4v) is 5.01. The van der Waals surface area contributed by atoms with Crippen molar-refractivity contribution in [1.82, 2.24) is 24.4 Å². The van der Waals surface area contributed by atoms with Crippen LogP contribution in [0.3, 0.4) is 0 Å². The number of aromatic nitrogens is 3. The summed E-state index contributed by atoms with van der Waals surface area (Å²) in [5.41, 5.74) is 0.937. The molecule has 1 aliphatic rings. The van der Waals surface area contributed by atoms with E-state index < -0.39 is 10.0 Å². The van der Waals surface area contributed by atoms with Crippen molar-refractivity contribution in [3.05, 3.63) is 40.4 Å². The average Bonchev–Trinajstić information content (AvgIpc) is 3.05. The van der Waals surface area contributed by atoms with Crippen molar-refractivity contribution in [1.29, 1.82) is 0 Å². The lowest BCUT2D eigenvalue weighted by molar-refractivity contribution is -0.121. The van der Waals surface area contributed by atoms with E-state index in [1.807, 2.05) is 7.05 Å². The number of benzene rings is 1. The molecule has 8 nitrogen and oxygen atoms in total. The third-order valence-electron chi connectivity index (χ3n) is 5.16. The van der Waals surface area contributed by atoms with Gasteiger partial charge in [0.05, 0.1) is 4.90 Å². The van der Waals surface area contributed by atoms with Crippen LogP contribution in [-0.4, -0.2) is 53.0 Å². The molecule has 0 radical (unpaired) electrons. The van der Waals surface area contributed by atoms with Crippen molar-refractivity contribution >= 4 is 28.1 Å². The molecule has 2 aromatic rings. The molecule has 0 bridgehead atoms. The van der Waals surface area contributed by atoms with E-state index in [0.29, 0.717) is 48.6 Å². The van der Waals surface area contributed by atoms with Crippen molar-refractivity contribution < 1.29 is 13.2 Å². The van der Waals surface area contributed by atoms with Gasteiger partial charge in [0.2, 0.25) is 15.9 Å². The van der Waals surface area contributed by atoms with Gasteiger partial charge in [-0.3, -0.25) is 9.89 Å². The van der Waals surface area contributed by atoms with Gasteiger partial charge in [0.15, 0.2) is 4.77 Å². The first-order chi connectivity index (χ1) is 13.9. The predicted molar refractivity (Wildman–Crippen MR) is 112 cm³/mol. The lowest BCUT2D eigenvalue weighted by Crippen LogP contribution is -2.35. The average molecular weight is 438 g/mol. The van der Waals surface area contributed by atoms with E-state index in [2.05, 4.69) is 15.5 Å². The number of piperidine rings is 1. The van der Waals surface area contributed by atoms with Gasteiger partial charge in [-0.1, -0.05) is 18.6 Å². The summed E-state index contributed by atoms with van der Waals surface area (Å²) >= 11 is 5.06. The van der Waals surface area contributed by atoms with E-state index in [1.165, 1.54) is 0 Å². The molecule has 1 aromatic carbocycles. The van der Waals surface area contributed by atoms with E-state index >= 15 is 0 Å². The van der Waals surface area contributed by atoms with Gasteiger partial charge in [-0.2, -0.15) is 9.40 Å². The van der Waals surface area contributed by atoms with Gasteiger partial charge in [0.1, 0.15) is 5.82 Å². The van der Waals surface area contributed by atoms with E-state index in [4.69, 9.17) is 12.2 Å². The highest BCUT2D eigenvalue weighted by Crippen LogP contribution is 2.21. The number of aromatic amines is 1. The summed E-state index contributed by atoms with van der Waals surface area (Å²) in [4.78, 5) is 12.4. The van der Waals surface area contributed by atoms with Gasteiger partial charge < -0.3 is 9.88 Å². The summed E-state index contributed by atoms with van der Waals surface area (Å²) in [6, 6.07) is 6.86. The van der Waals surface area contributed by atoms with Crippen LogP contribution in [0.1, 0.15) is 37.1 Å². The van der Waals surface area contributed by atoms with Gasteiger partial charge in [-0.15, -0.1) is 0 Å². The molecule has 2 heterocycles. The fourth-order valence-electron chi connectivity index (χ4n) is 3.35. The lowest BCUT2D eigenvalue weighted by atomic mass is 10.1. The summed E-state index contributed by atoms with van der Waals surface area (Å²) in [5.74, 6) is 0.743. The zero-order valence-corrected chi connectivity index (χ0v) is 18.2. The molecule has 1 fully saturated rings. The molecule has 1 amide bonds. The van der Waals surface area contributed by atoms with Crippen LogP contribution in [-0.2, 0) is 34.7 Å². The van der Waals surface area contributed by atoms with Gasteiger partial charge in [0.25, 0.3) is 0 Å². The number of carbonyl (C=O) groups excluding carboxylic acids is 1. The number of hydrogen-bond donors (Lipinski definition) is 2. The van der Waals surface area contributed by atoms with Gasteiger partial charge in [0, 0.05) is 39.5 Å². The van der Waals surface area contributed by atoms with E-state index in [9.17, 15) is 13.2 Å². The van der Waals surface area contributed by atoms with Crippen LogP contribution >= 0.6 is 12.2 Å². The maximum absolute atomic E-state index is 12.7. The highest BCUT2D eigenvalue weighted by atomic mass is 32.2. The predicted octanol–water partition coefficient (Wildman–Crippen LogP) is 1.94. The van der Waals surface area contributed by atoms with Crippen molar-refractivity contribution in [3.8, 4) is 0 Å². The molecular weight excluding hydrogens is 410 g/mol. The minimum atomic E-state index is -3.41. The first-order valence-corrected chi connectivity index (χ1v) is 11.7. The van der Waals surface area contributed by atoms with Crippen LogP contribution in [0.25, 0.3) is 0 Å². The second kappa shape index (κ2) is 9.64. The van der Waals surface area contributed by atoms with Gasteiger partial charge in [-0.25, -0.2) is 8.42 Å². The minimum absolute atomic E-state index is 0.0493. The largest absolute Gasteiger partial charge is 0.356 e. The molecular formula is C19H27N5O3S2. The topological polar surface area (TPSA) is 100 Å². The molecule has 158 valence electrons. The summed E-state index contributed by atoms with van der Waals surface area (Å²) < 4.78 is 29.2. The third kappa shape index (κ3) is 5.52. The number of nitrogens with one attached hydrogen (secondary N) is 2. The Morgan fingerprint density at radius 2 is 1.86 bits per heavy atom. The third-order valence-corrected chi connectivity index (χ3v) is 7.44. The summed E-state index contributed by atoms with van der Waals surface area (Å²) in [7, 11) is -1.58. The Bertz CT molecular complexity index is 990. The molecule has 1 aromatic heterocycles. The van der Waals surface area contributed by atoms with Gasteiger partial charge >= 0.3 is 0 Å². The highest BCUT2D eigenvalue weighted by Gasteiger charge is 2.25. The fraction of sp³-hybridized carbons (Fsp3) is 0.526. The van der Waals surface area contributed by atoms with Crippen molar-refractivity contribution in [2.45, 2.75) is 43.4 Å². The molecule has 0 atom stereocenters. The first kappa shape index (κ1) is 21.7. The molecule has 29 heavy (non-hydrogen) atoms. The van der Waals surface area contributed by atoms with E-state index in [-0.39, 0.29) is 5.91 Å². The zero-order valence-electron chi connectivity index (χ0n) is 16.6. The highest BCUT2D eigenvalue weighted by molar-refractivity contribution is 7.89. The van der Waals surface area contributed by atoms with Crippen molar-refractivity contribution in [3.63, 3.8) is 0 Å². The summed E-state index contributed by atoms with van der Waals surface area (Å²) in [5, 5.41) is 9.70. The Kier molecular flexibility index (Phi) is 7.20. The number of carbonyl (C=O) groups is 1. The number of amides is 1. The van der Waals surface area contributed by atoms with Gasteiger partial charge in [-0.05, 0) is 49.2 Å². The van der Waals surface area contributed by atoms with Crippen LogP contribution in [0.2, 0.25) is 0 Å². The van der Waals surface area contributed by atoms with Crippen molar-refractivity contribution in [2.24, 2.45) is 7.05 Å². The SMILES string of the molecule is Cn1c(CCNC(=O)CCc2ccc(S(=O)(=O)N3CCCCC3)cc2)n[nH]c1=S. The lowest BCUT2D eigenvalue weighted by Gasteiger charge is -2.25. The number of nitrogens with zero attached hydrogens (tertiary/aromatic N) is 3. The number of aryl methyl sites for hydroxylation is 1. The van der Waals surface area contributed by atoms with E-state index in [1.54, 1.807) is 33.1 Å². The smallest absolute Gasteiger partial charge is 0.243 e. The summed E-state index contributed by atoms with van der Waals surface area (Å²) in [6.07, 6.45) is 4.42. The maximum Gasteiger partial charge on any atom is 0.243 e. The monoisotopic (exact) mass is 437 g/mol. The van der Waals surface area contributed by atoms with Crippen LogP contribution in [0, 0.1) is 4.77 Å². The van der Waals surface area contributed by atoms with Crippen molar-refractivity contribution in [2.75, 3.05) is 19.6 Å². The Morgan fingerprint density at radius 3 is 2.48 bits per heavy atom. The maximum atomic E-state index is 12.7. The van der Waals surface area contributed by atoms with Crippen LogP contribution in [0.5, 0.6) is 0 Å². The Morgan fingerprint density at radius 1 is 1.17 bits per heavy atom. The van der Waals surface area contributed by atoms with E-state index in [0.717, 1.165) is 30.7 Å². The second-order valence-corrected chi connectivity index (χ2v) is 9.54. The Hall–Kier alpha value is -2.04. The molecule has 1 saturated heterocycles. The Labute approximate surface area is 176 Å². The molecule has 1 aliphatic heterocycles. The molecule has 0 unspecified atom stereocenters. The van der Waals surface area contributed by atoms with Crippen LogP contribution < -0.4 is 5.32 Å². The normalized spacial score (nSPS) is 15.3. The zero-order chi connectivity index (χ0) is 20.9. The standard InChI is InChI=1S/C19H27N5O3S2/c1-23-17(21-22-19(23)28)11-12-20-18(25)10-7-15-5-8-16(9-6-15)29(26,27)24-13-3-2-4-14-24/h5-6,8-9H,2-4,7,10-14H2,1H3,(H,20,25)(H,22,28). The molecule has 0 saturated carbocycles. The Balaban J connectivity index is 1.46. The molecule has 3 rings (SSSR count). The number of sulfonamides is 1. The quantitative estimate of drug-likeness (QED) is 0.615. The van der Waals surface area contributed by atoms with Crippen LogP contribution in [0.15, 0.2) is 29.2 Å². The first-order valence-electron chi connectivity index (χ1n) is 9.84. The molecule has 0 spiro atoms. The number of rotatable bonds is 8. The summed E-state index contributed by atoms with van der Waals surface area (Å²) in [6.45, 7) is 1.67.